The molecule has 4 aromatic rings. The van der Waals surface area contributed by atoms with Crippen LogP contribution in [-0.4, -0.2) is 20.3 Å². The van der Waals surface area contributed by atoms with Gasteiger partial charge in [-0.05, 0) is 32.4 Å². The Bertz CT molecular complexity index is 1450. The molecule has 0 bridgehead atoms. The maximum absolute atomic E-state index is 14.1. The van der Waals surface area contributed by atoms with Gasteiger partial charge in [-0.2, -0.15) is 9.78 Å². The van der Waals surface area contributed by atoms with E-state index in [1.165, 1.54) is 10.9 Å². The molecule has 10 heteroatoms. The zero-order chi connectivity index (χ0) is 24.7. The molecular weight excluding hydrogens is 452 g/mol. The van der Waals surface area contributed by atoms with Gasteiger partial charge < -0.3 is 9.88 Å². The minimum absolute atomic E-state index is 0.0648. The predicted molar refractivity (Wildman–Crippen MR) is 119 cm³/mol. The van der Waals surface area contributed by atoms with Gasteiger partial charge in [0.15, 0.2) is 23.3 Å². The first-order valence-electron chi connectivity index (χ1n) is 10.5. The SMILES string of the molecule is CC[C@@H](C(=O)Nc1c(F)c(F)cc(F)c1F)n1c(C)c2cnn(-c3ccccc3)c(=O)c2c1C. The molecule has 34 heavy (non-hydrogen) atoms. The summed E-state index contributed by atoms with van der Waals surface area (Å²) >= 11 is 0. The van der Waals surface area contributed by atoms with Crippen molar-refractivity contribution in [3.63, 3.8) is 0 Å². The summed E-state index contributed by atoms with van der Waals surface area (Å²) in [4.78, 5) is 26.3. The monoisotopic (exact) mass is 472 g/mol. The summed E-state index contributed by atoms with van der Waals surface area (Å²) in [5, 5.41) is 7.05. The molecule has 2 aromatic heterocycles. The minimum atomic E-state index is -1.71. The van der Waals surface area contributed by atoms with Crippen LogP contribution in [0.15, 0.2) is 47.4 Å². The van der Waals surface area contributed by atoms with Gasteiger partial charge in [0.2, 0.25) is 5.91 Å². The summed E-state index contributed by atoms with van der Waals surface area (Å²) < 4.78 is 58.2. The summed E-state index contributed by atoms with van der Waals surface area (Å²) in [5.41, 5.74) is -0.0737. The van der Waals surface area contributed by atoms with E-state index in [4.69, 9.17) is 0 Å². The fourth-order valence-corrected chi connectivity index (χ4v) is 4.17. The number of fused-ring (bicyclic) bond motifs is 1. The molecule has 1 N–H and O–H groups in total. The molecule has 0 saturated carbocycles. The summed E-state index contributed by atoms with van der Waals surface area (Å²) in [6.07, 6.45) is 1.67. The number of para-hydroxylation sites is 1. The molecule has 176 valence electrons. The zero-order valence-corrected chi connectivity index (χ0v) is 18.5. The van der Waals surface area contributed by atoms with Gasteiger partial charge in [0.25, 0.3) is 5.56 Å². The van der Waals surface area contributed by atoms with E-state index in [1.54, 1.807) is 55.7 Å². The Morgan fingerprint density at radius 2 is 1.65 bits per heavy atom. The highest BCUT2D eigenvalue weighted by atomic mass is 19.2. The molecule has 0 aliphatic heterocycles. The van der Waals surface area contributed by atoms with Gasteiger partial charge in [0, 0.05) is 22.8 Å². The lowest BCUT2D eigenvalue weighted by atomic mass is 10.1. The Balaban J connectivity index is 1.82. The molecule has 0 unspecified atom stereocenters. The number of benzene rings is 2. The van der Waals surface area contributed by atoms with E-state index >= 15 is 0 Å². The van der Waals surface area contributed by atoms with Crippen LogP contribution < -0.4 is 10.9 Å². The van der Waals surface area contributed by atoms with Crippen molar-refractivity contribution in [2.45, 2.75) is 33.2 Å². The smallest absolute Gasteiger partial charge is 0.281 e. The second kappa shape index (κ2) is 8.77. The number of hydrogen-bond acceptors (Lipinski definition) is 3. The van der Waals surface area contributed by atoms with Gasteiger partial charge in [0.1, 0.15) is 11.7 Å². The third kappa shape index (κ3) is 3.64. The number of anilines is 1. The number of hydrogen-bond donors (Lipinski definition) is 1. The van der Waals surface area contributed by atoms with E-state index in [9.17, 15) is 27.2 Å². The molecule has 4 rings (SSSR count). The molecule has 1 amide bonds. The average Bonchev–Trinajstić information content (AvgIpc) is 3.07. The van der Waals surface area contributed by atoms with Crippen molar-refractivity contribution in [2.24, 2.45) is 0 Å². The lowest BCUT2D eigenvalue weighted by Gasteiger charge is -2.21. The Kier molecular flexibility index (Phi) is 5.99. The Morgan fingerprint density at radius 1 is 1.03 bits per heavy atom. The number of amides is 1. The molecule has 0 aliphatic rings. The van der Waals surface area contributed by atoms with Crippen molar-refractivity contribution in [3.8, 4) is 5.69 Å². The first kappa shape index (κ1) is 23.2. The third-order valence-corrected chi connectivity index (χ3v) is 5.81. The summed E-state index contributed by atoms with van der Waals surface area (Å²) in [7, 11) is 0. The molecule has 0 spiro atoms. The molecule has 2 heterocycles. The Labute approximate surface area is 191 Å². The van der Waals surface area contributed by atoms with Crippen molar-refractivity contribution < 1.29 is 22.4 Å². The number of aromatic nitrogens is 3. The molecule has 0 fully saturated rings. The Morgan fingerprint density at radius 3 is 2.24 bits per heavy atom. The third-order valence-electron chi connectivity index (χ3n) is 5.81. The van der Waals surface area contributed by atoms with Crippen molar-refractivity contribution in [3.05, 3.63) is 87.6 Å². The summed E-state index contributed by atoms with van der Waals surface area (Å²) in [5.74, 6) is -7.57. The minimum Gasteiger partial charge on any atom is -0.335 e. The number of carbonyl (C=O) groups is 1. The van der Waals surface area contributed by atoms with E-state index in [0.717, 1.165) is 0 Å². The van der Waals surface area contributed by atoms with Crippen LogP contribution in [0.3, 0.4) is 0 Å². The van der Waals surface area contributed by atoms with Crippen LogP contribution in [0, 0.1) is 37.1 Å². The van der Waals surface area contributed by atoms with Crippen molar-refractivity contribution in [1.29, 1.82) is 0 Å². The van der Waals surface area contributed by atoms with Gasteiger partial charge in [-0.15, -0.1) is 0 Å². The van der Waals surface area contributed by atoms with Crippen molar-refractivity contribution >= 4 is 22.4 Å². The summed E-state index contributed by atoms with van der Waals surface area (Å²) in [6, 6.07) is 7.83. The first-order valence-corrected chi connectivity index (χ1v) is 10.5. The second-order valence-corrected chi connectivity index (χ2v) is 7.78. The lowest BCUT2D eigenvalue weighted by molar-refractivity contribution is -0.119. The highest BCUT2D eigenvalue weighted by molar-refractivity contribution is 5.95. The predicted octanol–water partition coefficient (Wildman–Crippen LogP) is 4.95. The van der Waals surface area contributed by atoms with E-state index < -0.39 is 46.5 Å². The molecule has 0 radical (unpaired) electrons. The van der Waals surface area contributed by atoms with Gasteiger partial charge in [-0.3, -0.25) is 9.59 Å². The highest BCUT2D eigenvalue weighted by Crippen LogP contribution is 2.30. The molecule has 6 nitrogen and oxygen atoms in total. The second-order valence-electron chi connectivity index (χ2n) is 7.78. The standard InChI is InChI=1S/C24H20F4N4O2/c1-4-18(23(33)30-22-20(27)16(25)10-17(26)21(22)28)31-12(2)15-11-29-32(14-8-6-5-7-9-14)24(34)19(15)13(31)3/h5-11,18H,4H2,1-3H3,(H,30,33)/t18-/m0/s1. The number of halogens is 4. The van der Waals surface area contributed by atoms with Gasteiger partial charge in [-0.25, -0.2) is 17.6 Å². The average molecular weight is 472 g/mol. The fourth-order valence-electron chi connectivity index (χ4n) is 4.17. The fraction of sp³-hybridized carbons (Fsp3) is 0.208. The number of nitrogens with zero attached hydrogens (tertiary/aromatic N) is 3. The molecular formula is C24H20F4N4O2. The van der Waals surface area contributed by atoms with E-state index in [2.05, 4.69) is 5.10 Å². The van der Waals surface area contributed by atoms with Gasteiger partial charge >= 0.3 is 0 Å². The number of rotatable bonds is 5. The summed E-state index contributed by atoms with van der Waals surface area (Å²) in [6.45, 7) is 4.99. The quantitative estimate of drug-likeness (QED) is 0.330. The van der Waals surface area contributed by atoms with Crippen LogP contribution in [0.4, 0.5) is 23.2 Å². The highest BCUT2D eigenvalue weighted by Gasteiger charge is 2.28. The van der Waals surface area contributed by atoms with Crippen LogP contribution in [-0.2, 0) is 4.79 Å². The van der Waals surface area contributed by atoms with Gasteiger partial charge in [-0.1, -0.05) is 25.1 Å². The van der Waals surface area contributed by atoms with Crippen molar-refractivity contribution in [2.75, 3.05) is 5.32 Å². The van der Waals surface area contributed by atoms with Crippen LogP contribution in [0.2, 0.25) is 0 Å². The van der Waals surface area contributed by atoms with Gasteiger partial charge in [0.05, 0.1) is 17.3 Å². The van der Waals surface area contributed by atoms with Crippen LogP contribution >= 0.6 is 0 Å². The molecule has 0 saturated heterocycles. The van der Waals surface area contributed by atoms with Crippen molar-refractivity contribution in [1.82, 2.24) is 14.3 Å². The van der Waals surface area contributed by atoms with E-state index in [1.807, 2.05) is 5.32 Å². The molecule has 2 aromatic carbocycles. The maximum Gasteiger partial charge on any atom is 0.281 e. The van der Waals surface area contributed by atoms with Crippen LogP contribution in [0.1, 0.15) is 30.8 Å². The number of carbonyl (C=O) groups excluding carboxylic acids is 1. The van der Waals surface area contributed by atoms with Crippen LogP contribution in [0.25, 0.3) is 16.5 Å². The van der Waals surface area contributed by atoms with E-state index in [0.29, 0.717) is 27.8 Å². The first-order chi connectivity index (χ1) is 16.2. The number of aryl methyl sites for hydroxylation is 2. The van der Waals surface area contributed by atoms with Crippen LogP contribution in [0.5, 0.6) is 0 Å². The zero-order valence-electron chi connectivity index (χ0n) is 18.5. The molecule has 1 atom stereocenters. The molecule has 0 aliphatic carbocycles. The van der Waals surface area contributed by atoms with E-state index in [-0.39, 0.29) is 12.5 Å². The normalized spacial score (nSPS) is 12.2. The maximum atomic E-state index is 14.1. The topological polar surface area (TPSA) is 68.9 Å². The Hall–Kier alpha value is -3.95. The lowest BCUT2D eigenvalue weighted by Crippen LogP contribution is -2.28. The largest absolute Gasteiger partial charge is 0.335 e. The number of nitrogens with one attached hydrogen (secondary N) is 1.